The maximum absolute atomic E-state index is 12.5. The van der Waals surface area contributed by atoms with Crippen LogP contribution in [0.5, 0.6) is 0 Å². The lowest BCUT2D eigenvalue weighted by atomic mass is 10.1. The first-order valence-corrected chi connectivity index (χ1v) is 11.9. The molecule has 3 rings (SSSR count). The number of nitrogens with one attached hydrogen (secondary N) is 1. The SMILES string of the molecule is CP(C)(=O)Cc1ccc(C(=O)Nc2cc(-c3cccs3)ccc2N)cc1. The van der Waals surface area contributed by atoms with Gasteiger partial charge in [0.05, 0.1) is 18.5 Å². The Kier molecular flexibility index (Phi) is 5.30. The van der Waals surface area contributed by atoms with E-state index in [0.29, 0.717) is 23.1 Å². The average Bonchev–Trinajstić information content (AvgIpc) is 3.10. The van der Waals surface area contributed by atoms with E-state index in [0.717, 1.165) is 16.0 Å². The summed E-state index contributed by atoms with van der Waals surface area (Å²) in [7, 11) is -2.13. The molecule has 0 bridgehead atoms. The number of thiophene rings is 1. The zero-order valence-corrected chi connectivity index (χ0v) is 16.4. The first kappa shape index (κ1) is 18.4. The predicted molar refractivity (Wildman–Crippen MR) is 112 cm³/mol. The van der Waals surface area contributed by atoms with E-state index < -0.39 is 7.14 Å². The molecule has 0 saturated carbocycles. The molecule has 3 N–H and O–H groups in total. The van der Waals surface area contributed by atoms with E-state index in [9.17, 15) is 9.36 Å². The third kappa shape index (κ3) is 4.63. The van der Waals surface area contributed by atoms with Gasteiger partial charge in [-0.3, -0.25) is 4.79 Å². The highest BCUT2D eigenvalue weighted by molar-refractivity contribution is 7.61. The van der Waals surface area contributed by atoms with Crippen LogP contribution in [0.4, 0.5) is 11.4 Å². The normalized spacial score (nSPS) is 11.3. The molecular formula is C20H21N2O2PS. The Morgan fingerprint density at radius 2 is 1.85 bits per heavy atom. The number of hydrogen-bond donors (Lipinski definition) is 2. The second-order valence-electron chi connectivity index (χ2n) is 6.66. The first-order chi connectivity index (χ1) is 12.3. The topological polar surface area (TPSA) is 72.2 Å². The number of hydrogen-bond acceptors (Lipinski definition) is 4. The summed E-state index contributed by atoms with van der Waals surface area (Å²) in [6.07, 6.45) is 0.532. The Hall–Kier alpha value is -2.36. The third-order valence-corrected chi connectivity index (χ3v) is 5.93. The Labute approximate surface area is 157 Å². The lowest BCUT2D eigenvalue weighted by Gasteiger charge is -2.11. The number of nitrogen functional groups attached to an aromatic ring is 1. The van der Waals surface area contributed by atoms with Crippen molar-refractivity contribution < 1.29 is 9.36 Å². The molecule has 1 amide bonds. The molecule has 0 spiro atoms. The van der Waals surface area contributed by atoms with E-state index in [2.05, 4.69) is 5.32 Å². The summed E-state index contributed by atoms with van der Waals surface area (Å²) in [5.41, 5.74) is 9.66. The van der Waals surface area contributed by atoms with Crippen LogP contribution in [0.25, 0.3) is 10.4 Å². The van der Waals surface area contributed by atoms with Crippen molar-refractivity contribution in [3.8, 4) is 10.4 Å². The van der Waals surface area contributed by atoms with Crippen molar-refractivity contribution in [2.45, 2.75) is 6.16 Å². The van der Waals surface area contributed by atoms with Gasteiger partial charge < -0.3 is 15.6 Å². The van der Waals surface area contributed by atoms with Gasteiger partial charge >= 0.3 is 0 Å². The number of benzene rings is 2. The van der Waals surface area contributed by atoms with Gasteiger partial charge in [0.15, 0.2) is 0 Å². The van der Waals surface area contributed by atoms with Crippen LogP contribution < -0.4 is 11.1 Å². The largest absolute Gasteiger partial charge is 0.397 e. The molecule has 0 unspecified atom stereocenters. The van der Waals surface area contributed by atoms with Crippen molar-refractivity contribution in [1.29, 1.82) is 0 Å². The Balaban J connectivity index is 1.77. The minimum Gasteiger partial charge on any atom is -0.397 e. The monoisotopic (exact) mass is 384 g/mol. The molecule has 0 atom stereocenters. The molecule has 2 aromatic carbocycles. The lowest BCUT2D eigenvalue weighted by Crippen LogP contribution is -2.13. The molecule has 0 fully saturated rings. The highest BCUT2D eigenvalue weighted by atomic mass is 32.1. The molecule has 0 saturated heterocycles. The van der Waals surface area contributed by atoms with Crippen molar-refractivity contribution >= 4 is 35.8 Å². The molecule has 4 nitrogen and oxygen atoms in total. The van der Waals surface area contributed by atoms with E-state index in [4.69, 9.17) is 5.73 Å². The molecule has 26 heavy (non-hydrogen) atoms. The molecule has 0 aliphatic carbocycles. The van der Waals surface area contributed by atoms with Crippen LogP contribution in [0.15, 0.2) is 60.0 Å². The molecule has 0 aliphatic rings. The van der Waals surface area contributed by atoms with E-state index in [1.807, 2.05) is 41.8 Å². The van der Waals surface area contributed by atoms with E-state index in [1.54, 1.807) is 42.9 Å². The molecule has 0 radical (unpaired) electrons. The highest BCUT2D eigenvalue weighted by Gasteiger charge is 2.12. The molecule has 134 valence electrons. The third-order valence-electron chi connectivity index (χ3n) is 3.89. The number of nitrogens with two attached hydrogens (primary N) is 1. The number of carbonyl (C=O) groups is 1. The fourth-order valence-electron chi connectivity index (χ4n) is 2.66. The van der Waals surface area contributed by atoms with E-state index >= 15 is 0 Å². The van der Waals surface area contributed by atoms with Gasteiger partial charge in [-0.1, -0.05) is 24.3 Å². The van der Waals surface area contributed by atoms with Crippen LogP contribution >= 0.6 is 18.5 Å². The van der Waals surface area contributed by atoms with Crippen molar-refractivity contribution in [2.24, 2.45) is 0 Å². The smallest absolute Gasteiger partial charge is 0.255 e. The van der Waals surface area contributed by atoms with Crippen molar-refractivity contribution in [3.05, 3.63) is 71.1 Å². The number of carbonyl (C=O) groups excluding carboxylic acids is 1. The summed E-state index contributed by atoms with van der Waals surface area (Å²) >= 11 is 1.64. The molecule has 1 heterocycles. The van der Waals surface area contributed by atoms with Crippen LogP contribution in [0.1, 0.15) is 15.9 Å². The Morgan fingerprint density at radius 3 is 2.46 bits per heavy atom. The standard InChI is InChI=1S/C20H21N2O2PS/c1-25(2,24)13-14-5-7-15(8-6-14)20(23)22-18-12-16(9-10-17(18)21)19-4-3-11-26-19/h3-12H,13,21H2,1-2H3,(H,22,23). The summed E-state index contributed by atoms with van der Waals surface area (Å²) in [4.78, 5) is 13.7. The van der Waals surface area contributed by atoms with Crippen LogP contribution in [-0.2, 0) is 10.7 Å². The van der Waals surface area contributed by atoms with Crippen molar-refractivity contribution in [1.82, 2.24) is 0 Å². The second-order valence-corrected chi connectivity index (χ2v) is 11.1. The van der Waals surface area contributed by atoms with Crippen LogP contribution in [0, 0.1) is 0 Å². The van der Waals surface area contributed by atoms with Gasteiger partial charge in [0, 0.05) is 16.6 Å². The van der Waals surface area contributed by atoms with Gasteiger partial charge in [0.25, 0.3) is 5.91 Å². The zero-order chi connectivity index (χ0) is 18.7. The van der Waals surface area contributed by atoms with Gasteiger partial charge in [-0.2, -0.15) is 0 Å². The summed E-state index contributed by atoms with van der Waals surface area (Å²) in [5.74, 6) is -0.220. The van der Waals surface area contributed by atoms with Gasteiger partial charge in [-0.15, -0.1) is 11.3 Å². The molecule has 3 aromatic rings. The first-order valence-electron chi connectivity index (χ1n) is 8.19. The van der Waals surface area contributed by atoms with Crippen LogP contribution in [-0.4, -0.2) is 19.2 Å². The lowest BCUT2D eigenvalue weighted by molar-refractivity contribution is 0.102. The highest BCUT2D eigenvalue weighted by Crippen LogP contribution is 2.40. The summed E-state index contributed by atoms with van der Waals surface area (Å²) in [6.45, 7) is 3.52. The quantitative estimate of drug-likeness (QED) is 0.459. The maximum atomic E-state index is 12.5. The molecule has 6 heteroatoms. The second kappa shape index (κ2) is 7.48. The maximum Gasteiger partial charge on any atom is 0.255 e. The summed E-state index contributed by atoms with van der Waals surface area (Å²) < 4.78 is 11.9. The predicted octanol–water partition coefficient (Wildman–Crippen LogP) is 5.37. The minimum atomic E-state index is -2.13. The van der Waals surface area contributed by atoms with Crippen LogP contribution in [0.3, 0.4) is 0 Å². The molecule has 1 aromatic heterocycles. The van der Waals surface area contributed by atoms with E-state index in [-0.39, 0.29) is 5.91 Å². The van der Waals surface area contributed by atoms with Gasteiger partial charge in [-0.25, -0.2) is 0 Å². The van der Waals surface area contributed by atoms with Crippen LogP contribution in [0.2, 0.25) is 0 Å². The minimum absolute atomic E-state index is 0.220. The van der Waals surface area contributed by atoms with Crippen molar-refractivity contribution in [3.63, 3.8) is 0 Å². The van der Waals surface area contributed by atoms with Crippen molar-refractivity contribution in [2.75, 3.05) is 24.4 Å². The van der Waals surface area contributed by atoms with E-state index in [1.165, 1.54) is 0 Å². The number of amides is 1. The van der Waals surface area contributed by atoms with Gasteiger partial charge in [0.2, 0.25) is 0 Å². The fraction of sp³-hybridized carbons (Fsp3) is 0.150. The number of anilines is 2. The fourth-order valence-corrected chi connectivity index (χ4v) is 4.47. The molecular weight excluding hydrogens is 363 g/mol. The number of rotatable bonds is 5. The van der Waals surface area contributed by atoms with Gasteiger partial charge in [-0.05, 0) is 60.2 Å². The Bertz CT molecular complexity index is 960. The summed E-state index contributed by atoms with van der Waals surface area (Å²) in [5, 5.41) is 4.89. The Morgan fingerprint density at radius 1 is 1.12 bits per heavy atom. The van der Waals surface area contributed by atoms with Gasteiger partial charge in [0.1, 0.15) is 0 Å². The summed E-state index contributed by atoms with van der Waals surface area (Å²) in [6, 6.07) is 16.8. The molecule has 0 aliphatic heterocycles. The zero-order valence-electron chi connectivity index (χ0n) is 14.7. The average molecular weight is 384 g/mol.